The van der Waals surface area contributed by atoms with Gasteiger partial charge in [0.1, 0.15) is 11.7 Å². The largest absolute Gasteiger partial charge is 0.480 e. The van der Waals surface area contributed by atoms with Crippen LogP contribution in [0.15, 0.2) is 24.4 Å². The molecular weight excluding hydrogens is 290 g/mol. The van der Waals surface area contributed by atoms with Gasteiger partial charge in [-0.05, 0) is 44.2 Å². The fourth-order valence-electron chi connectivity index (χ4n) is 4.49. The second-order valence-corrected chi connectivity index (χ2v) is 7.00. The van der Waals surface area contributed by atoms with Crippen molar-refractivity contribution in [2.75, 3.05) is 0 Å². The van der Waals surface area contributed by atoms with Crippen molar-refractivity contribution in [3.63, 3.8) is 0 Å². The highest BCUT2D eigenvalue weighted by atomic mass is 16.4. The molecule has 3 heterocycles. The summed E-state index contributed by atoms with van der Waals surface area (Å²) >= 11 is 0. The highest BCUT2D eigenvalue weighted by Crippen LogP contribution is 2.40. The van der Waals surface area contributed by atoms with Crippen LogP contribution in [0.3, 0.4) is 0 Å². The Morgan fingerprint density at radius 1 is 1.35 bits per heavy atom. The van der Waals surface area contributed by atoms with Crippen LogP contribution in [0.25, 0.3) is 5.65 Å². The van der Waals surface area contributed by atoms with Crippen molar-refractivity contribution < 1.29 is 9.90 Å². The molecule has 4 rings (SSSR count). The van der Waals surface area contributed by atoms with E-state index in [0.717, 1.165) is 29.9 Å². The van der Waals surface area contributed by atoms with Crippen molar-refractivity contribution in [2.24, 2.45) is 5.92 Å². The second kappa shape index (κ2) is 5.64. The zero-order chi connectivity index (χ0) is 16.0. The van der Waals surface area contributed by atoms with Gasteiger partial charge in [-0.1, -0.05) is 18.9 Å². The van der Waals surface area contributed by atoms with Crippen molar-refractivity contribution in [3.8, 4) is 0 Å². The van der Waals surface area contributed by atoms with E-state index in [1.54, 1.807) is 0 Å². The molecule has 0 amide bonds. The second-order valence-electron chi connectivity index (χ2n) is 7.00. The van der Waals surface area contributed by atoms with E-state index < -0.39 is 5.97 Å². The Balaban J connectivity index is 1.64. The minimum Gasteiger partial charge on any atom is -0.480 e. The van der Waals surface area contributed by atoms with E-state index in [1.165, 1.54) is 19.3 Å². The Bertz CT molecular complexity index is 739. The average molecular weight is 313 g/mol. The third-order valence-corrected chi connectivity index (χ3v) is 5.60. The lowest BCUT2D eigenvalue weighted by Gasteiger charge is -2.32. The molecule has 1 aliphatic carbocycles. The Labute approximate surface area is 135 Å². The first-order valence-corrected chi connectivity index (χ1v) is 8.55. The average Bonchev–Trinajstić information content (AvgIpc) is 3.10. The number of pyridine rings is 1. The molecular formula is C18H23N3O2. The summed E-state index contributed by atoms with van der Waals surface area (Å²) < 4.78 is 2.08. The molecule has 122 valence electrons. The summed E-state index contributed by atoms with van der Waals surface area (Å²) in [5.41, 5.74) is 3.05. The Kier molecular flexibility index (Phi) is 3.60. The number of aliphatic carboxylic acids is 1. The first-order valence-electron chi connectivity index (χ1n) is 8.55. The summed E-state index contributed by atoms with van der Waals surface area (Å²) in [5.74, 6) is -0.136. The normalized spacial score (nSPS) is 28.1. The summed E-state index contributed by atoms with van der Waals surface area (Å²) in [5, 5.41) is 9.63. The van der Waals surface area contributed by atoms with Gasteiger partial charge in [-0.15, -0.1) is 0 Å². The van der Waals surface area contributed by atoms with Gasteiger partial charge in [0, 0.05) is 24.5 Å². The molecule has 23 heavy (non-hydrogen) atoms. The molecule has 2 aromatic heterocycles. The van der Waals surface area contributed by atoms with Crippen LogP contribution in [-0.4, -0.2) is 37.4 Å². The molecule has 1 aliphatic heterocycles. The number of fused-ring (bicyclic) bond motifs is 2. The van der Waals surface area contributed by atoms with Gasteiger partial charge in [0.25, 0.3) is 0 Å². The molecule has 2 aromatic rings. The fourth-order valence-corrected chi connectivity index (χ4v) is 4.49. The predicted molar refractivity (Wildman–Crippen MR) is 87.3 cm³/mol. The van der Waals surface area contributed by atoms with Crippen LogP contribution in [0.4, 0.5) is 0 Å². The first-order chi connectivity index (χ1) is 11.1. The minimum atomic E-state index is -0.681. The van der Waals surface area contributed by atoms with E-state index in [0.29, 0.717) is 18.5 Å². The number of nitrogens with zero attached hydrogens (tertiary/aromatic N) is 3. The molecule has 3 atom stereocenters. The summed E-state index contributed by atoms with van der Waals surface area (Å²) in [7, 11) is 0. The molecule has 2 fully saturated rings. The topological polar surface area (TPSA) is 57.8 Å². The van der Waals surface area contributed by atoms with Gasteiger partial charge in [0.05, 0.1) is 5.69 Å². The third kappa shape index (κ3) is 2.53. The smallest absolute Gasteiger partial charge is 0.320 e. The van der Waals surface area contributed by atoms with Gasteiger partial charge in [-0.3, -0.25) is 9.69 Å². The number of aryl methyl sites for hydroxylation is 1. The maximum atomic E-state index is 11.7. The molecule has 0 spiro atoms. The molecule has 1 saturated heterocycles. The number of carbonyl (C=O) groups is 1. The van der Waals surface area contributed by atoms with Crippen LogP contribution in [0.2, 0.25) is 0 Å². The Hall–Kier alpha value is -1.88. The third-order valence-electron chi connectivity index (χ3n) is 5.60. The van der Waals surface area contributed by atoms with Gasteiger partial charge < -0.3 is 9.51 Å². The van der Waals surface area contributed by atoms with Crippen LogP contribution < -0.4 is 0 Å². The number of likely N-dealkylation sites (tertiary alicyclic amines) is 1. The minimum absolute atomic E-state index is 0.353. The van der Waals surface area contributed by atoms with Crippen LogP contribution in [0, 0.1) is 12.8 Å². The summed E-state index contributed by atoms with van der Waals surface area (Å²) in [6.45, 7) is 2.70. The lowest BCUT2D eigenvalue weighted by molar-refractivity contribution is -0.142. The zero-order valence-electron chi connectivity index (χ0n) is 13.5. The van der Waals surface area contributed by atoms with Crippen LogP contribution in [0.5, 0.6) is 0 Å². The van der Waals surface area contributed by atoms with Crippen LogP contribution in [0.1, 0.15) is 43.5 Å². The molecule has 0 radical (unpaired) electrons. The Morgan fingerprint density at radius 2 is 2.17 bits per heavy atom. The maximum absolute atomic E-state index is 11.7. The molecule has 1 saturated carbocycles. The zero-order valence-corrected chi connectivity index (χ0v) is 13.5. The SMILES string of the molecule is Cc1cccc2nc(CN3C(C(=O)O)CC4CCCCC43)cn12. The number of carboxylic acid groups (broad SMARTS) is 1. The van der Waals surface area contributed by atoms with Gasteiger partial charge in [-0.25, -0.2) is 4.98 Å². The van der Waals surface area contributed by atoms with Crippen LogP contribution >= 0.6 is 0 Å². The maximum Gasteiger partial charge on any atom is 0.320 e. The van der Waals surface area contributed by atoms with E-state index in [-0.39, 0.29) is 6.04 Å². The quantitative estimate of drug-likeness (QED) is 0.946. The van der Waals surface area contributed by atoms with E-state index in [9.17, 15) is 9.90 Å². The lowest BCUT2D eigenvalue weighted by Crippen LogP contribution is -2.41. The van der Waals surface area contributed by atoms with Crippen LogP contribution in [-0.2, 0) is 11.3 Å². The molecule has 0 aromatic carbocycles. The first kappa shape index (κ1) is 14.7. The highest BCUT2D eigenvalue weighted by molar-refractivity contribution is 5.74. The molecule has 1 N–H and O–H groups in total. The number of carboxylic acids is 1. The fraction of sp³-hybridized carbons (Fsp3) is 0.556. The summed E-state index contributed by atoms with van der Waals surface area (Å²) in [6, 6.07) is 6.13. The van der Waals surface area contributed by atoms with E-state index in [1.807, 2.05) is 12.1 Å². The molecule has 0 bridgehead atoms. The molecule has 5 nitrogen and oxygen atoms in total. The number of rotatable bonds is 3. The molecule has 2 aliphatic rings. The lowest BCUT2D eigenvalue weighted by atomic mass is 9.85. The number of aromatic nitrogens is 2. The van der Waals surface area contributed by atoms with Gasteiger partial charge in [0.2, 0.25) is 0 Å². The van der Waals surface area contributed by atoms with E-state index in [4.69, 9.17) is 4.98 Å². The van der Waals surface area contributed by atoms with E-state index in [2.05, 4.69) is 28.5 Å². The van der Waals surface area contributed by atoms with Crippen molar-refractivity contribution in [3.05, 3.63) is 35.8 Å². The van der Waals surface area contributed by atoms with Crippen molar-refractivity contribution in [1.82, 2.24) is 14.3 Å². The molecule has 3 unspecified atom stereocenters. The van der Waals surface area contributed by atoms with E-state index >= 15 is 0 Å². The number of imidazole rings is 1. The summed E-state index contributed by atoms with van der Waals surface area (Å²) in [6.07, 6.45) is 7.62. The van der Waals surface area contributed by atoms with Gasteiger partial charge >= 0.3 is 5.97 Å². The van der Waals surface area contributed by atoms with Gasteiger partial charge in [0.15, 0.2) is 0 Å². The highest BCUT2D eigenvalue weighted by Gasteiger charge is 2.45. The monoisotopic (exact) mass is 313 g/mol. The predicted octanol–water partition coefficient (Wildman–Crippen LogP) is 2.86. The standard InChI is InChI=1S/C18H23N3O2/c1-12-5-4-8-17-19-14(10-20(12)17)11-21-15-7-3-2-6-13(15)9-16(21)18(22)23/h4-5,8,10,13,15-16H,2-3,6-7,9,11H2,1H3,(H,22,23). The van der Waals surface area contributed by atoms with Crippen molar-refractivity contribution >= 4 is 11.6 Å². The number of hydrogen-bond donors (Lipinski definition) is 1. The van der Waals surface area contributed by atoms with Crippen molar-refractivity contribution in [2.45, 2.75) is 57.7 Å². The van der Waals surface area contributed by atoms with Crippen molar-refractivity contribution in [1.29, 1.82) is 0 Å². The Morgan fingerprint density at radius 3 is 2.96 bits per heavy atom. The summed E-state index contributed by atoms with van der Waals surface area (Å²) in [4.78, 5) is 18.6. The molecule has 5 heteroatoms. The van der Waals surface area contributed by atoms with Gasteiger partial charge in [-0.2, -0.15) is 0 Å². The number of hydrogen-bond acceptors (Lipinski definition) is 3.